The second-order valence-electron chi connectivity index (χ2n) is 4.50. The topological polar surface area (TPSA) is 45.8 Å². The normalized spacial score (nSPS) is 11.0. The van der Waals surface area contributed by atoms with E-state index in [-0.39, 0.29) is 5.56 Å². The van der Waals surface area contributed by atoms with Crippen molar-refractivity contribution in [3.63, 3.8) is 0 Å². The van der Waals surface area contributed by atoms with E-state index in [1.54, 1.807) is 30.3 Å². The maximum absolute atomic E-state index is 12.0. The van der Waals surface area contributed by atoms with Crippen LogP contribution in [0, 0.1) is 0 Å². The first-order chi connectivity index (χ1) is 10.6. The monoisotopic (exact) mass is 370 g/mol. The van der Waals surface area contributed by atoms with Gasteiger partial charge >= 0.3 is 0 Å². The predicted octanol–water partition coefficient (Wildman–Crippen LogP) is 5.18. The van der Waals surface area contributed by atoms with Gasteiger partial charge in [-0.2, -0.15) is 0 Å². The molecule has 0 aliphatic rings. The molecule has 0 saturated carbocycles. The fourth-order valence-electron chi connectivity index (χ4n) is 1.98. The number of fused-ring (bicyclic) bond motifs is 1. The van der Waals surface area contributed by atoms with E-state index in [4.69, 9.17) is 34.8 Å². The van der Waals surface area contributed by atoms with Gasteiger partial charge in [-0.15, -0.1) is 0 Å². The highest BCUT2D eigenvalue weighted by Gasteiger charge is 2.11. The van der Waals surface area contributed by atoms with Crippen LogP contribution in [-0.2, 0) is 5.75 Å². The minimum absolute atomic E-state index is 0.170. The summed E-state index contributed by atoms with van der Waals surface area (Å²) in [6, 6.07) is 10.5. The van der Waals surface area contributed by atoms with E-state index in [0.717, 1.165) is 5.56 Å². The number of thioether (sulfide) groups is 1. The lowest BCUT2D eigenvalue weighted by molar-refractivity contribution is 0.973. The summed E-state index contributed by atoms with van der Waals surface area (Å²) in [5.74, 6) is 0.458. The Labute approximate surface area is 145 Å². The Balaban J connectivity index is 1.92. The molecule has 0 spiro atoms. The summed E-state index contributed by atoms with van der Waals surface area (Å²) < 4.78 is 0. The van der Waals surface area contributed by atoms with Gasteiger partial charge < -0.3 is 4.98 Å². The number of hydrogen-bond acceptors (Lipinski definition) is 3. The average Bonchev–Trinajstić information content (AvgIpc) is 2.51. The van der Waals surface area contributed by atoms with Crippen LogP contribution in [-0.4, -0.2) is 9.97 Å². The summed E-state index contributed by atoms with van der Waals surface area (Å²) in [6.07, 6.45) is 0. The molecule has 0 aliphatic carbocycles. The van der Waals surface area contributed by atoms with Gasteiger partial charge in [-0.05, 0) is 24.3 Å². The van der Waals surface area contributed by atoms with Crippen LogP contribution in [0.2, 0.25) is 15.1 Å². The van der Waals surface area contributed by atoms with Gasteiger partial charge in [0.1, 0.15) is 0 Å². The van der Waals surface area contributed by atoms with Gasteiger partial charge in [0.15, 0.2) is 5.16 Å². The first-order valence-corrected chi connectivity index (χ1v) is 8.42. The Morgan fingerprint density at radius 1 is 1.05 bits per heavy atom. The van der Waals surface area contributed by atoms with Crippen molar-refractivity contribution in [1.82, 2.24) is 9.97 Å². The lowest BCUT2D eigenvalue weighted by atomic mass is 10.2. The number of rotatable bonds is 3. The third-order valence-electron chi connectivity index (χ3n) is 3.08. The van der Waals surface area contributed by atoms with Gasteiger partial charge in [0.2, 0.25) is 0 Å². The summed E-state index contributed by atoms with van der Waals surface area (Å²) in [5, 5.41) is 2.47. The van der Waals surface area contributed by atoms with Crippen LogP contribution in [0.5, 0.6) is 0 Å². The van der Waals surface area contributed by atoms with Crippen LogP contribution in [0.1, 0.15) is 5.56 Å². The van der Waals surface area contributed by atoms with Crippen molar-refractivity contribution in [3.05, 3.63) is 67.4 Å². The zero-order valence-electron chi connectivity index (χ0n) is 11.1. The van der Waals surface area contributed by atoms with Gasteiger partial charge in [-0.25, -0.2) is 4.98 Å². The van der Waals surface area contributed by atoms with Crippen molar-refractivity contribution in [1.29, 1.82) is 0 Å². The molecule has 0 fully saturated rings. The van der Waals surface area contributed by atoms with Crippen molar-refractivity contribution in [3.8, 4) is 0 Å². The molecule has 2 aromatic carbocycles. The van der Waals surface area contributed by atoms with E-state index in [1.165, 1.54) is 11.8 Å². The molecule has 0 atom stereocenters. The molecule has 0 bridgehead atoms. The van der Waals surface area contributed by atoms with E-state index in [9.17, 15) is 4.79 Å². The molecule has 1 N–H and O–H groups in total. The zero-order chi connectivity index (χ0) is 15.7. The lowest BCUT2D eigenvalue weighted by Gasteiger charge is -2.08. The number of hydrogen-bond donors (Lipinski definition) is 1. The Morgan fingerprint density at radius 2 is 1.77 bits per heavy atom. The second kappa shape index (κ2) is 6.50. The third kappa shape index (κ3) is 3.10. The number of nitrogens with zero attached hydrogens (tertiary/aromatic N) is 1. The average molecular weight is 372 g/mol. The lowest BCUT2D eigenvalue weighted by Crippen LogP contribution is -2.08. The van der Waals surface area contributed by atoms with Crippen LogP contribution in [0.25, 0.3) is 10.9 Å². The molecule has 3 nitrogen and oxygen atoms in total. The van der Waals surface area contributed by atoms with Gasteiger partial charge in [0, 0.05) is 16.3 Å². The molecule has 0 radical (unpaired) electrons. The SMILES string of the molecule is O=c1[nH]c(SCc2c(Cl)ccc(Cl)c2Cl)nc2ccccc12. The maximum Gasteiger partial charge on any atom is 0.259 e. The van der Waals surface area contributed by atoms with Gasteiger partial charge in [-0.1, -0.05) is 58.7 Å². The highest BCUT2D eigenvalue weighted by atomic mass is 35.5. The van der Waals surface area contributed by atoms with Crippen molar-refractivity contribution in [2.75, 3.05) is 0 Å². The predicted molar refractivity (Wildman–Crippen MR) is 93.4 cm³/mol. The molecule has 7 heteroatoms. The van der Waals surface area contributed by atoms with Crippen LogP contribution >= 0.6 is 46.6 Å². The Hall–Kier alpha value is -1.20. The fraction of sp³-hybridized carbons (Fsp3) is 0.0667. The van der Waals surface area contributed by atoms with Crippen molar-refractivity contribution in [2.45, 2.75) is 10.9 Å². The summed E-state index contributed by atoms with van der Waals surface area (Å²) in [4.78, 5) is 19.2. The van der Waals surface area contributed by atoms with E-state index in [2.05, 4.69) is 9.97 Å². The molecule has 112 valence electrons. The van der Waals surface area contributed by atoms with E-state index >= 15 is 0 Å². The van der Waals surface area contributed by atoms with Gasteiger partial charge in [-0.3, -0.25) is 4.79 Å². The summed E-state index contributed by atoms with van der Waals surface area (Å²) >= 11 is 19.7. The second-order valence-corrected chi connectivity index (χ2v) is 6.66. The van der Waals surface area contributed by atoms with Crippen molar-refractivity contribution in [2.24, 2.45) is 0 Å². The number of halogens is 3. The number of aromatic amines is 1. The summed E-state index contributed by atoms with van der Waals surface area (Å²) in [7, 11) is 0. The fourth-order valence-corrected chi connectivity index (χ4v) is 3.72. The highest BCUT2D eigenvalue weighted by molar-refractivity contribution is 7.98. The smallest absolute Gasteiger partial charge is 0.259 e. The molecule has 0 unspecified atom stereocenters. The van der Waals surface area contributed by atoms with Crippen molar-refractivity contribution >= 4 is 57.5 Å². The molecule has 3 rings (SSSR count). The largest absolute Gasteiger partial charge is 0.301 e. The number of para-hydroxylation sites is 1. The Bertz CT molecular complexity index is 911. The summed E-state index contributed by atoms with van der Waals surface area (Å²) in [6.45, 7) is 0. The highest BCUT2D eigenvalue weighted by Crippen LogP contribution is 2.35. The summed E-state index contributed by atoms with van der Waals surface area (Å²) in [5.41, 5.74) is 1.20. The van der Waals surface area contributed by atoms with Gasteiger partial charge in [0.25, 0.3) is 5.56 Å². The molecule has 1 aromatic heterocycles. The Kier molecular flexibility index (Phi) is 4.64. The third-order valence-corrected chi connectivity index (χ3v) is 5.18. The molecule has 22 heavy (non-hydrogen) atoms. The van der Waals surface area contributed by atoms with E-state index in [1.807, 2.05) is 6.07 Å². The molecule has 0 saturated heterocycles. The van der Waals surface area contributed by atoms with E-state index in [0.29, 0.717) is 36.9 Å². The first-order valence-electron chi connectivity index (χ1n) is 6.30. The van der Waals surface area contributed by atoms with Gasteiger partial charge in [0.05, 0.1) is 20.9 Å². The zero-order valence-corrected chi connectivity index (χ0v) is 14.2. The molecule has 0 amide bonds. The maximum atomic E-state index is 12.0. The molecule has 3 aromatic rings. The van der Waals surface area contributed by atoms with Crippen molar-refractivity contribution < 1.29 is 0 Å². The number of benzene rings is 2. The van der Waals surface area contributed by atoms with E-state index < -0.39 is 0 Å². The molecular formula is C15H9Cl3N2OS. The molecular weight excluding hydrogens is 363 g/mol. The quantitative estimate of drug-likeness (QED) is 0.392. The Morgan fingerprint density at radius 3 is 2.59 bits per heavy atom. The molecule has 0 aliphatic heterocycles. The number of nitrogens with one attached hydrogen (secondary N) is 1. The van der Waals surface area contributed by atoms with Crippen LogP contribution < -0.4 is 5.56 Å². The molecule has 1 heterocycles. The minimum Gasteiger partial charge on any atom is -0.301 e. The van der Waals surface area contributed by atoms with Crippen LogP contribution in [0.4, 0.5) is 0 Å². The van der Waals surface area contributed by atoms with Crippen LogP contribution in [0.3, 0.4) is 0 Å². The first kappa shape index (κ1) is 15.7. The minimum atomic E-state index is -0.170. The van der Waals surface area contributed by atoms with Crippen LogP contribution in [0.15, 0.2) is 46.3 Å². The standard InChI is InChI=1S/C15H9Cl3N2OS/c16-10-5-6-11(17)13(18)9(10)7-22-15-19-12-4-2-1-3-8(12)14(21)20-15/h1-6H,7H2,(H,19,20,21). The number of aromatic nitrogens is 2. The number of H-pyrrole nitrogens is 1.